The quantitative estimate of drug-likeness (QED) is 0.772. The number of nitrogens with zero attached hydrogens (tertiary/aromatic N) is 1. The molecule has 0 radical (unpaired) electrons. The summed E-state index contributed by atoms with van der Waals surface area (Å²) in [5, 5.41) is -0.587. The first kappa shape index (κ1) is 16.2. The van der Waals surface area contributed by atoms with E-state index in [4.69, 9.17) is 0 Å². The molecule has 0 atom stereocenters. The number of hydrogen-bond acceptors (Lipinski definition) is 4. The first-order valence-electron chi connectivity index (χ1n) is 7.21. The molecule has 0 amide bonds. The van der Waals surface area contributed by atoms with E-state index in [0.717, 1.165) is 25.7 Å². The van der Waals surface area contributed by atoms with Crippen molar-refractivity contribution in [3.05, 3.63) is 0 Å². The minimum absolute atomic E-state index is 0.154. The number of piperidine rings is 1. The highest BCUT2D eigenvalue weighted by molar-refractivity contribution is 7.90. The van der Waals surface area contributed by atoms with Gasteiger partial charge >= 0.3 is 0 Å². The van der Waals surface area contributed by atoms with Gasteiger partial charge in [0.25, 0.3) is 0 Å². The first-order valence-corrected chi connectivity index (χ1v) is 10.3. The monoisotopic (exact) mass is 324 g/mol. The van der Waals surface area contributed by atoms with Crippen LogP contribution in [0.15, 0.2) is 0 Å². The van der Waals surface area contributed by atoms with Crippen LogP contribution >= 0.6 is 0 Å². The molecule has 1 saturated heterocycles. The summed E-state index contributed by atoms with van der Waals surface area (Å²) in [6.45, 7) is 4.75. The summed E-state index contributed by atoms with van der Waals surface area (Å²) < 4.78 is 51.7. The Morgan fingerprint density at radius 3 is 2.05 bits per heavy atom. The Labute approximate surface area is 122 Å². The summed E-state index contributed by atoms with van der Waals surface area (Å²) in [6.07, 6.45) is 3.03. The van der Waals surface area contributed by atoms with Crippen LogP contribution in [0.5, 0.6) is 0 Å². The zero-order chi connectivity index (χ0) is 15.0. The molecule has 2 fully saturated rings. The molecular formula is C12H24N2O4S2. The molecule has 2 aliphatic rings. The van der Waals surface area contributed by atoms with E-state index in [0.29, 0.717) is 19.6 Å². The molecule has 2 rings (SSSR count). The lowest BCUT2D eigenvalue weighted by Gasteiger charge is -2.31. The molecule has 1 aliphatic carbocycles. The summed E-state index contributed by atoms with van der Waals surface area (Å²) in [5.41, 5.74) is 0. The molecule has 0 spiro atoms. The minimum Gasteiger partial charge on any atom is -0.215 e. The van der Waals surface area contributed by atoms with E-state index in [1.165, 1.54) is 0 Å². The summed E-state index contributed by atoms with van der Waals surface area (Å²) in [6, 6.07) is 0. The highest BCUT2D eigenvalue weighted by atomic mass is 32.2. The zero-order valence-electron chi connectivity index (χ0n) is 12.1. The third-order valence-corrected chi connectivity index (χ3v) is 8.28. The molecule has 6 nitrogen and oxygen atoms in total. The Bertz CT molecular complexity index is 530. The van der Waals surface area contributed by atoms with E-state index >= 15 is 0 Å². The molecule has 1 heterocycles. The summed E-state index contributed by atoms with van der Waals surface area (Å²) >= 11 is 0. The third kappa shape index (κ3) is 3.72. The second kappa shape index (κ2) is 5.90. The van der Waals surface area contributed by atoms with Gasteiger partial charge < -0.3 is 0 Å². The lowest BCUT2D eigenvalue weighted by Crippen LogP contribution is -2.43. The largest absolute Gasteiger partial charge is 0.216 e. The van der Waals surface area contributed by atoms with Gasteiger partial charge in [0.15, 0.2) is 0 Å². The Morgan fingerprint density at radius 2 is 1.60 bits per heavy atom. The minimum atomic E-state index is -3.22. The molecule has 118 valence electrons. The average molecular weight is 324 g/mol. The van der Waals surface area contributed by atoms with Gasteiger partial charge in [-0.2, -0.15) is 0 Å². The average Bonchev–Trinajstić information content (AvgIpc) is 3.21. The van der Waals surface area contributed by atoms with Crippen LogP contribution in [0, 0.1) is 5.92 Å². The van der Waals surface area contributed by atoms with Gasteiger partial charge in [0.05, 0.1) is 10.5 Å². The molecule has 20 heavy (non-hydrogen) atoms. The Hall–Kier alpha value is -0.180. The van der Waals surface area contributed by atoms with Gasteiger partial charge in [-0.1, -0.05) is 0 Å². The highest BCUT2D eigenvalue weighted by Gasteiger charge is 2.41. The molecule has 1 N–H and O–H groups in total. The fraction of sp³-hybridized carbons (Fsp3) is 1.00. The second-order valence-electron chi connectivity index (χ2n) is 6.03. The van der Waals surface area contributed by atoms with Crippen molar-refractivity contribution in [2.24, 2.45) is 5.92 Å². The number of sulfonamides is 2. The summed E-state index contributed by atoms with van der Waals surface area (Å²) in [5.74, 6) is 0.231. The predicted octanol–water partition coefficient (Wildman–Crippen LogP) is 0.518. The van der Waals surface area contributed by atoms with E-state index in [2.05, 4.69) is 4.72 Å². The Balaban J connectivity index is 1.80. The molecule has 0 aromatic rings. The SMILES string of the molecule is CC(C)S(=O)(=O)NCC1CCN(S(=O)(=O)C2CC2)CC1. The maximum Gasteiger partial charge on any atom is 0.216 e. The van der Waals surface area contributed by atoms with Gasteiger partial charge in [0.2, 0.25) is 20.0 Å². The molecular weight excluding hydrogens is 300 g/mol. The van der Waals surface area contributed by atoms with Crippen molar-refractivity contribution in [1.82, 2.24) is 9.03 Å². The van der Waals surface area contributed by atoms with Gasteiger partial charge in [0.1, 0.15) is 0 Å². The van der Waals surface area contributed by atoms with Crippen LogP contribution in [0.1, 0.15) is 39.5 Å². The van der Waals surface area contributed by atoms with Gasteiger partial charge in [-0.15, -0.1) is 0 Å². The molecule has 1 aliphatic heterocycles. The molecule has 0 aromatic carbocycles. The van der Waals surface area contributed by atoms with E-state index in [9.17, 15) is 16.8 Å². The zero-order valence-corrected chi connectivity index (χ0v) is 13.7. The molecule has 1 saturated carbocycles. The topological polar surface area (TPSA) is 83.6 Å². The summed E-state index contributed by atoms with van der Waals surface area (Å²) in [7, 11) is -6.30. The van der Waals surface area contributed by atoms with Crippen LogP contribution in [0.4, 0.5) is 0 Å². The van der Waals surface area contributed by atoms with Crippen molar-refractivity contribution in [3.63, 3.8) is 0 Å². The summed E-state index contributed by atoms with van der Waals surface area (Å²) in [4.78, 5) is 0. The fourth-order valence-corrected chi connectivity index (χ4v) is 5.02. The maximum absolute atomic E-state index is 12.1. The molecule has 8 heteroatoms. The lowest BCUT2D eigenvalue weighted by molar-refractivity contribution is 0.274. The van der Waals surface area contributed by atoms with Crippen LogP contribution in [-0.4, -0.2) is 51.3 Å². The van der Waals surface area contributed by atoms with Crippen LogP contribution in [0.2, 0.25) is 0 Å². The van der Waals surface area contributed by atoms with Crippen molar-refractivity contribution in [3.8, 4) is 0 Å². The number of hydrogen-bond donors (Lipinski definition) is 1. The van der Waals surface area contributed by atoms with E-state index < -0.39 is 25.3 Å². The second-order valence-corrected chi connectivity index (χ2v) is 10.6. The number of nitrogens with one attached hydrogen (secondary N) is 1. The molecule has 0 aromatic heterocycles. The smallest absolute Gasteiger partial charge is 0.215 e. The normalized spacial score (nSPS) is 23.4. The van der Waals surface area contributed by atoms with Crippen LogP contribution in [0.25, 0.3) is 0 Å². The maximum atomic E-state index is 12.1. The predicted molar refractivity (Wildman–Crippen MR) is 78.3 cm³/mol. The first-order chi connectivity index (χ1) is 9.23. The van der Waals surface area contributed by atoms with Crippen molar-refractivity contribution in [2.75, 3.05) is 19.6 Å². The van der Waals surface area contributed by atoms with Crippen molar-refractivity contribution >= 4 is 20.0 Å². The van der Waals surface area contributed by atoms with Gasteiger partial charge in [0, 0.05) is 19.6 Å². The van der Waals surface area contributed by atoms with Crippen LogP contribution in [0.3, 0.4) is 0 Å². The number of rotatable bonds is 6. The van der Waals surface area contributed by atoms with Gasteiger partial charge in [-0.3, -0.25) is 0 Å². The van der Waals surface area contributed by atoms with E-state index in [-0.39, 0.29) is 11.2 Å². The van der Waals surface area contributed by atoms with Crippen LogP contribution < -0.4 is 4.72 Å². The Kier molecular flexibility index (Phi) is 4.78. The molecule has 0 unspecified atom stereocenters. The molecule has 0 bridgehead atoms. The standard InChI is InChI=1S/C12H24N2O4S2/c1-10(2)19(15,16)13-9-11-5-7-14(8-6-11)20(17,18)12-3-4-12/h10-13H,3-9H2,1-2H3. The third-order valence-electron chi connectivity index (χ3n) is 4.07. The van der Waals surface area contributed by atoms with Crippen LogP contribution in [-0.2, 0) is 20.0 Å². The van der Waals surface area contributed by atoms with E-state index in [1.54, 1.807) is 18.2 Å². The van der Waals surface area contributed by atoms with E-state index in [1.807, 2.05) is 0 Å². The van der Waals surface area contributed by atoms with Crippen molar-refractivity contribution in [1.29, 1.82) is 0 Å². The highest BCUT2D eigenvalue weighted by Crippen LogP contribution is 2.33. The fourth-order valence-electron chi connectivity index (χ4n) is 2.35. The van der Waals surface area contributed by atoms with Gasteiger partial charge in [-0.05, 0) is 45.4 Å². The van der Waals surface area contributed by atoms with Gasteiger partial charge in [-0.25, -0.2) is 25.9 Å². The van der Waals surface area contributed by atoms with Crippen molar-refractivity contribution < 1.29 is 16.8 Å². The lowest BCUT2D eigenvalue weighted by atomic mass is 9.99. The van der Waals surface area contributed by atoms with Crippen molar-refractivity contribution in [2.45, 2.75) is 50.0 Å². The Morgan fingerprint density at radius 1 is 1.05 bits per heavy atom.